The Morgan fingerprint density at radius 2 is 2.03 bits per heavy atom. The first-order chi connectivity index (χ1) is 16.6. The van der Waals surface area contributed by atoms with Crippen LogP contribution in [0.25, 0.3) is 4.96 Å². The van der Waals surface area contributed by atoms with Crippen LogP contribution < -0.4 is 20.9 Å². The number of thiazole rings is 1. The number of aromatic nitrogens is 2. The molecule has 0 radical (unpaired) electrons. The highest BCUT2D eigenvalue weighted by molar-refractivity contribution is 9.10. The van der Waals surface area contributed by atoms with E-state index in [1.54, 1.807) is 10.6 Å². The highest BCUT2D eigenvalue weighted by Crippen LogP contribution is 2.30. The van der Waals surface area contributed by atoms with Gasteiger partial charge >= 0.3 is 0 Å². The van der Waals surface area contributed by atoms with Crippen molar-refractivity contribution in [1.82, 2.24) is 24.5 Å². The fourth-order valence-corrected chi connectivity index (χ4v) is 5.98. The zero-order valence-electron chi connectivity index (χ0n) is 19.4. The van der Waals surface area contributed by atoms with Gasteiger partial charge in [-0.25, -0.2) is 4.98 Å². The largest absolute Gasteiger partial charge is 0.492 e. The van der Waals surface area contributed by atoms with E-state index in [1.807, 2.05) is 5.38 Å². The molecule has 4 heterocycles. The molecule has 2 saturated heterocycles. The van der Waals surface area contributed by atoms with Crippen molar-refractivity contribution in [3.05, 3.63) is 56.2 Å². The molecule has 0 spiro atoms. The van der Waals surface area contributed by atoms with Crippen LogP contribution in [0.2, 0.25) is 0 Å². The molecular formula is C24H31BrN6O2S. The average molecular weight is 548 g/mol. The van der Waals surface area contributed by atoms with Crippen molar-refractivity contribution in [3.63, 3.8) is 0 Å². The number of ether oxygens (including phenoxy) is 1. The van der Waals surface area contributed by atoms with Crippen molar-refractivity contribution >= 4 is 38.0 Å². The summed E-state index contributed by atoms with van der Waals surface area (Å²) < 4.78 is 8.05. The first-order valence-electron chi connectivity index (χ1n) is 11.8. The molecule has 8 nitrogen and oxygen atoms in total. The number of anilines is 1. The number of fused-ring (bicyclic) bond motifs is 1. The summed E-state index contributed by atoms with van der Waals surface area (Å²) in [5.41, 5.74) is 1.23. The van der Waals surface area contributed by atoms with Crippen LogP contribution >= 0.6 is 27.3 Å². The Kier molecular flexibility index (Phi) is 7.50. The van der Waals surface area contributed by atoms with Gasteiger partial charge in [-0.2, -0.15) is 0 Å². The van der Waals surface area contributed by atoms with Crippen molar-refractivity contribution in [2.45, 2.75) is 18.4 Å². The fourth-order valence-electron chi connectivity index (χ4n) is 4.88. The highest BCUT2D eigenvalue weighted by atomic mass is 79.9. The van der Waals surface area contributed by atoms with Gasteiger partial charge in [-0.15, -0.1) is 11.3 Å². The van der Waals surface area contributed by atoms with E-state index in [0.29, 0.717) is 27.8 Å². The summed E-state index contributed by atoms with van der Waals surface area (Å²) in [6.45, 7) is 7.90. The standard InChI is InChI=1S/C24H31BrN6O2S/c1-29-15-18(17-2-4-20(5-3-17)33-12-10-30-8-6-26-7-9-30)14-19(16-29)27-22-21(25)23(32)31-11-13-34-24(31)28-22/h2-5,11,13,18-19,26-27H,6-10,12,14-16H2,1H3/t18-,19+/m0/s1. The van der Waals surface area contributed by atoms with Crippen molar-refractivity contribution in [2.24, 2.45) is 0 Å². The first-order valence-corrected chi connectivity index (χ1v) is 13.5. The van der Waals surface area contributed by atoms with Crippen LogP contribution in [0.5, 0.6) is 5.75 Å². The second kappa shape index (κ2) is 10.7. The van der Waals surface area contributed by atoms with Gasteiger partial charge in [0.2, 0.25) is 0 Å². The van der Waals surface area contributed by atoms with E-state index in [1.165, 1.54) is 16.9 Å². The highest BCUT2D eigenvalue weighted by Gasteiger charge is 2.27. The Labute approximate surface area is 212 Å². The normalized spacial score (nSPS) is 22.2. The maximum atomic E-state index is 12.6. The van der Waals surface area contributed by atoms with Crippen molar-refractivity contribution < 1.29 is 4.74 Å². The Morgan fingerprint density at radius 3 is 2.82 bits per heavy atom. The lowest BCUT2D eigenvalue weighted by Gasteiger charge is -2.36. The molecule has 34 heavy (non-hydrogen) atoms. The second-order valence-corrected chi connectivity index (χ2v) is 10.8. The lowest BCUT2D eigenvalue weighted by atomic mass is 9.88. The summed E-state index contributed by atoms with van der Waals surface area (Å²) in [6.07, 6.45) is 2.73. The molecule has 0 bridgehead atoms. The van der Waals surface area contributed by atoms with Crippen LogP contribution in [0, 0.1) is 0 Å². The number of halogens is 1. The minimum absolute atomic E-state index is 0.0815. The number of nitrogens with one attached hydrogen (secondary N) is 2. The summed E-state index contributed by atoms with van der Waals surface area (Å²) in [4.78, 5) is 22.8. The summed E-state index contributed by atoms with van der Waals surface area (Å²) in [7, 11) is 2.15. The maximum Gasteiger partial charge on any atom is 0.275 e. The number of hydrogen-bond donors (Lipinski definition) is 2. The minimum Gasteiger partial charge on any atom is -0.492 e. The molecule has 0 amide bonds. The molecule has 2 aromatic heterocycles. The Bertz CT molecular complexity index is 1160. The Balaban J connectivity index is 1.20. The molecule has 5 rings (SSSR count). The Morgan fingerprint density at radius 1 is 1.24 bits per heavy atom. The summed E-state index contributed by atoms with van der Waals surface area (Å²) >= 11 is 4.92. The summed E-state index contributed by atoms with van der Waals surface area (Å²) in [5.74, 6) is 1.95. The quantitative estimate of drug-likeness (QED) is 0.472. The lowest BCUT2D eigenvalue weighted by Crippen LogP contribution is -2.44. The number of likely N-dealkylation sites (N-methyl/N-ethyl adjacent to an activating group) is 1. The number of hydrogen-bond acceptors (Lipinski definition) is 8. The van der Waals surface area contributed by atoms with Crippen LogP contribution in [-0.4, -0.2) is 84.7 Å². The summed E-state index contributed by atoms with van der Waals surface area (Å²) in [6, 6.07) is 8.77. The molecule has 10 heteroatoms. The number of nitrogens with zero attached hydrogens (tertiary/aromatic N) is 4. The number of piperidine rings is 1. The number of piperazine rings is 1. The molecule has 0 aliphatic carbocycles. The van der Waals surface area contributed by atoms with E-state index in [0.717, 1.165) is 58.0 Å². The molecule has 1 aromatic carbocycles. The molecular weight excluding hydrogens is 516 g/mol. The maximum absolute atomic E-state index is 12.6. The van der Waals surface area contributed by atoms with Gasteiger partial charge in [-0.05, 0) is 53.0 Å². The van der Waals surface area contributed by atoms with E-state index in [9.17, 15) is 4.79 Å². The molecule has 0 unspecified atom stereocenters. The number of likely N-dealkylation sites (tertiary alicyclic amines) is 1. The smallest absolute Gasteiger partial charge is 0.275 e. The first kappa shape index (κ1) is 23.7. The third-order valence-electron chi connectivity index (χ3n) is 6.62. The van der Waals surface area contributed by atoms with Gasteiger partial charge < -0.3 is 20.3 Å². The molecule has 0 saturated carbocycles. The van der Waals surface area contributed by atoms with Crippen LogP contribution in [0.4, 0.5) is 5.82 Å². The van der Waals surface area contributed by atoms with Crippen LogP contribution in [-0.2, 0) is 0 Å². The molecule has 2 fully saturated rings. The zero-order valence-corrected chi connectivity index (χ0v) is 21.8. The SMILES string of the molecule is CN1C[C@H](Nc2nc3sccn3c(=O)c2Br)C[C@H](c2ccc(OCCN3CCNCC3)cc2)C1. The molecule has 2 aliphatic heterocycles. The third kappa shape index (κ3) is 5.46. The molecule has 182 valence electrons. The van der Waals surface area contributed by atoms with E-state index in [2.05, 4.69) is 72.7 Å². The van der Waals surface area contributed by atoms with Crippen molar-refractivity contribution in [1.29, 1.82) is 0 Å². The number of benzene rings is 1. The fraction of sp³-hybridized carbons (Fsp3) is 0.500. The molecule has 2 atom stereocenters. The zero-order chi connectivity index (χ0) is 23.5. The monoisotopic (exact) mass is 546 g/mol. The predicted molar refractivity (Wildman–Crippen MR) is 141 cm³/mol. The lowest BCUT2D eigenvalue weighted by molar-refractivity contribution is 0.191. The van der Waals surface area contributed by atoms with Crippen molar-refractivity contribution in [3.8, 4) is 5.75 Å². The average Bonchev–Trinajstić information content (AvgIpc) is 3.32. The van der Waals surface area contributed by atoms with E-state index in [4.69, 9.17) is 4.74 Å². The second-order valence-electron chi connectivity index (χ2n) is 9.14. The van der Waals surface area contributed by atoms with Gasteiger partial charge in [0.25, 0.3) is 5.56 Å². The van der Waals surface area contributed by atoms with E-state index >= 15 is 0 Å². The molecule has 3 aromatic rings. The van der Waals surface area contributed by atoms with E-state index in [-0.39, 0.29) is 11.6 Å². The van der Waals surface area contributed by atoms with Gasteiger partial charge in [0.1, 0.15) is 22.6 Å². The van der Waals surface area contributed by atoms with Crippen LogP contribution in [0.3, 0.4) is 0 Å². The number of rotatable bonds is 7. The van der Waals surface area contributed by atoms with Gasteiger partial charge in [-0.1, -0.05) is 12.1 Å². The Hall–Kier alpha value is -1.98. The van der Waals surface area contributed by atoms with Gasteiger partial charge in [0, 0.05) is 63.4 Å². The predicted octanol–water partition coefficient (Wildman–Crippen LogP) is 2.70. The van der Waals surface area contributed by atoms with Gasteiger partial charge in [-0.3, -0.25) is 14.1 Å². The third-order valence-corrected chi connectivity index (χ3v) is 8.09. The van der Waals surface area contributed by atoms with Crippen molar-refractivity contribution in [2.75, 3.05) is 64.8 Å². The molecule has 2 N–H and O–H groups in total. The van der Waals surface area contributed by atoms with Crippen LogP contribution in [0.1, 0.15) is 17.9 Å². The van der Waals surface area contributed by atoms with Crippen LogP contribution in [0.15, 0.2) is 45.1 Å². The van der Waals surface area contributed by atoms with E-state index < -0.39 is 0 Å². The topological polar surface area (TPSA) is 74.1 Å². The summed E-state index contributed by atoms with van der Waals surface area (Å²) in [5, 5.41) is 8.79. The van der Waals surface area contributed by atoms with Gasteiger partial charge in [0.05, 0.1) is 0 Å². The molecule has 2 aliphatic rings. The van der Waals surface area contributed by atoms with Gasteiger partial charge in [0.15, 0.2) is 4.96 Å². The minimum atomic E-state index is -0.0815.